The van der Waals surface area contributed by atoms with Gasteiger partial charge < -0.3 is 10.6 Å². The Balaban J connectivity index is 2.07. The standard InChI is InChI=1S/C15H20N8/c1-4-5-18-13-12-14(20-9-19-13)23(10(2)3)15(22-12)21-11-8-16-6-7-17-11/h6-10H,4-5H2,1-3H3,(H,17,21,22)(H,18,19,20). The maximum atomic E-state index is 4.68. The Morgan fingerprint density at radius 2 is 2.04 bits per heavy atom. The first-order valence-corrected chi connectivity index (χ1v) is 7.70. The van der Waals surface area contributed by atoms with E-state index in [1.807, 2.05) is 4.57 Å². The van der Waals surface area contributed by atoms with Gasteiger partial charge in [0.05, 0.1) is 6.20 Å². The van der Waals surface area contributed by atoms with Gasteiger partial charge in [-0.2, -0.15) is 0 Å². The fourth-order valence-electron chi connectivity index (χ4n) is 2.34. The highest BCUT2D eigenvalue weighted by Gasteiger charge is 2.18. The molecule has 2 N–H and O–H groups in total. The van der Waals surface area contributed by atoms with E-state index in [1.165, 1.54) is 0 Å². The highest BCUT2D eigenvalue weighted by atomic mass is 15.3. The van der Waals surface area contributed by atoms with E-state index in [0.29, 0.717) is 11.8 Å². The number of rotatable bonds is 6. The zero-order chi connectivity index (χ0) is 16.2. The van der Waals surface area contributed by atoms with Crippen LogP contribution in [-0.4, -0.2) is 36.0 Å². The maximum absolute atomic E-state index is 4.68. The number of fused-ring (bicyclic) bond motifs is 1. The molecule has 3 rings (SSSR count). The van der Waals surface area contributed by atoms with Gasteiger partial charge in [-0.3, -0.25) is 9.55 Å². The Labute approximate surface area is 134 Å². The fraction of sp³-hybridized carbons (Fsp3) is 0.400. The molecule has 0 spiro atoms. The molecule has 0 aliphatic rings. The van der Waals surface area contributed by atoms with Gasteiger partial charge in [-0.05, 0) is 20.3 Å². The third-order valence-corrected chi connectivity index (χ3v) is 3.34. The quantitative estimate of drug-likeness (QED) is 0.722. The van der Waals surface area contributed by atoms with E-state index in [4.69, 9.17) is 0 Å². The van der Waals surface area contributed by atoms with Crippen molar-refractivity contribution in [3.8, 4) is 0 Å². The van der Waals surface area contributed by atoms with Gasteiger partial charge in [0.15, 0.2) is 22.8 Å². The summed E-state index contributed by atoms with van der Waals surface area (Å²) in [7, 11) is 0. The van der Waals surface area contributed by atoms with E-state index in [1.54, 1.807) is 24.9 Å². The van der Waals surface area contributed by atoms with Crippen LogP contribution < -0.4 is 10.6 Å². The van der Waals surface area contributed by atoms with Crippen molar-refractivity contribution in [2.75, 3.05) is 17.2 Å². The van der Waals surface area contributed by atoms with Crippen LogP contribution in [0.15, 0.2) is 24.9 Å². The summed E-state index contributed by atoms with van der Waals surface area (Å²) in [5.41, 5.74) is 1.54. The Morgan fingerprint density at radius 3 is 2.74 bits per heavy atom. The lowest BCUT2D eigenvalue weighted by molar-refractivity contribution is 0.620. The molecule has 8 heteroatoms. The summed E-state index contributed by atoms with van der Waals surface area (Å²) in [6, 6.07) is 0.188. The van der Waals surface area contributed by atoms with E-state index in [-0.39, 0.29) is 6.04 Å². The van der Waals surface area contributed by atoms with Crippen molar-refractivity contribution in [1.82, 2.24) is 29.5 Å². The zero-order valence-corrected chi connectivity index (χ0v) is 13.5. The van der Waals surface area contributed by atoms with Crippen LogP contribution >= 0.6 is 0 Å². The van der Waals surface area contributed by atoms with Crippen molar-refractivity contribution in [2.45, 2.75) is 33.2 Å². The summed E-state index contributed by atoms with van der Waals surface area (Å²) in [5.74, 6) is 2.06. The molecule has 0 unspecified atom stereocenters. The first-order chi connectivity index (χ1) is 11.2. The topological polar surface area (TPSA) is 93.4 Å². The van der Waals surface area contributed by atoms with E-state index in [2.05, 4.69) is 56.3 Å². The molecule has 0 amide bonds. The maximum Gasteiger partial charge on any atom is 0.211 e. The van der Waals surface area contributed by atoms with Crippen molar-refractivity contribution in [2.24, 2.45) is 0 Å². The smallest absolute Gasteiger partial charge is 0.211 e. The van der Waals surface area contributed by atoms with Crippen molar-refractivity contribution in [3.05, 3.63) is 24.9 Å². The van der Waals surface area contributed by atoms with Crippen LogP contribution in [0.25, 0.3) is 11.2 Å². The normalized spacial score (nSPS) is 11.1. The molecule has 0 radical (unpaired) electrons. The average Bonchev–Trinajstić information content (AvgIpc) is 2.92. The van der Waals surface area contributed by atoms with Gasteiger partial charge in [-0.15, -0.1) is 0 Å². The molecule has 0 aliphatic carbocycles. The van der Waals surface area contributed by atoms with Crippen molar-refractivity contribution in [3.63, 3.8) is 0 Å². The lowest BCUT2D eigenvalue weighted by Crippen LogP contribution is -2.08. The van der Waals surface area contributed by atoms with Gasteiger partial charge in [-0.1, -0.05) is 6.92 Å². The molecule has 0 aromatic carbocycles. The molecule has 120 valence electrons. The molecule has 0 bridgehead atoms. The Hall–Kier alpha value is -2.77. The predicted octanol–water partition coefficient (Wildman–Crippen LogP) is 2.76. The molecule has 0 aliphatic heterocycles. The van der Waals surface area contributed by atoms with Crippen LogP contribution in [0.2, 0.25) is 0 Å². The van der Waals surface area contributed by atoms with Crippen LogP contribution in [0.5, 0.6) is 0 Å². The van der Waals surface area contributed by atoms with Gasteiger partial charge in [0, 0.05) is 25.0 Å². The molecule has 3 heterocycles. The van der Waals surface area contributed by atoms with Gasteiger partial charge in [-0.25, -0.2) is 19.9 Å². The first kappa shape index (κ1) is 15.1. The Kier molecular flexibility index (Phi) is 4.31. The third kappa shape index (κ3) is 3.05. The number of nitrogens with zero attached hydrogens (tertiary/aromatic N) is 6. The molecule has 3 aromatic rings. The van der Waals surface area contributed by atoms with E-state index in [0.717, 1.165) is 29.9 Å². The highest BCUT2D eigenvalue weighted by molar-refractivity contribution is 5.85. The SMILES string of the molecule is CCCNc1ncnc2c1nc(Nc1cnccn1)n2C(C)C. The van der Waals surface area contributed by atoms with Gasteiger partial charge in [0.25, 0.3) is 0 Å². The third-order valence-electron chi connectivity index (χ3n) is 3.34. The van der Waals surface area contributed by atoms with Crippen LogP contribution in [0.4, 0.5) is 17.6 Å². The summed E-state index contributed by atoms with van der Waals surface area (Å²) in [6.45, 7) is 7.13. The minimum Gasteiger partial charge on any atom is -0.368 e. The largest absolute Gasteiger partial charge is 0.368 e. The summed E-state index contributed by atoms with van der Waals surface area (Å²) in [5, 5.41) is 6.51. The second kappa shape index (κ2) is 6.55. The lowest BCUT2D eigenvalue weighted by atomic mass is 10.4. The molecule has 23 heavy (non-hydrogen) atoms. The van der Waals surface area contributed by atoms with Crippen molar-refractivity contribution in [1.29, 1.82) is 0 Å². The van der Waals surface area contributed by atoms with Gasteiger partial charge in [0.2, 0.25) is 5.95 Å². The Morgan fingerprint density at radius 1 is 1.17 bits per heavy atom. The number of hydrogen-bond donors (Lipinski definition) is 2. The Bertz CT molecular complexity index is 781. The molecule has 0 fully saturated rings. The molecule has 0 atom stereocenters. The predicted molar refractivity (Wildman–Crippen MR) is 89.8 cm³/mol. The number of nitrogens with one attached hydrogen (secondary N) is 2. The minimum absolute atomic E-state index is 0.188. The van der Waals surface area contributed by atoms with Crippen molar-refractivity contribution < 1.29 is 0 Å². The number of aromatic nitrogens is 6. The monoisotopic (exact) mass is 312 g/mol. The number of hydrogen-bond acceptors (Lipinski definition) is 7. The second-order valence-electron chi connectivity index (χ2n) is 5.44. The molecule has 8 nitrogen and oxygen atoms in total. The number of imidazole rings is 1. The minimum atomic E-state index is 0.188. The lowest BCUT2D eigenvalue weighted by Gasteiger charge is -2.12. The summed E-state index contributed by atoms with van der Waals surface area (Å²) < 4.78 is 2.03. The summed E-state index contributed by atoms with van der Waals surface area (Å²) in [4.78, 5) is 21.7. The fourth-order valence-corrected chi connectivity index (χ4v) is 2.34. The van der Waals surface area contributed by atoms with E-state index >= 15 is 0 Å². The van der Waals surface area contributed by atoms with Crippen molar-refractivity contribution >= 4 is 28.7 Å². The van der Waals surface area contributed by atoms with Gasteiger partial charge in [0.1, 0.15) is 6.33 Å². The molecule has 3 aromatic heterocycles. The number of anilines is 3. The zero-order valence-electron chi connectivity index (χ0n) is 13.5. The van der Waals surface area contributed by atoms with Crippen LogP contribution in [0.3, 0.4) is 0 Å². The average molecular weight is 312 g/mol. The van der Waals surface area contributed by atoms with Gasteiger partial charge >= 0.3 is 0 Å². The molecular weight excluding hydrogens is 292 g/mol. The second-order valence-corrected chi connectivity index (χ2v) is 5.44. The van der Waals surface area contributed by atoms with E-state index < -0.39 is 0 Å². The van der Waals surface area contributed by atoms with Crippen LogP contribution in [-0.2, 0) is 0 Å². The summed E-state index contributed by atoms with van der Waals surface area (Å²) >= 11 is 0. The molecule has 0 saturated carbocycles. The van der Waals surface area contributed by atoms with E-state index in [9.17, 15) is 0 Å². The highest BCUT2D eigenvalue weighted by Crippen LogP contribution is 2.27. The molecular formula is C15H20N8. The first-order valence-electron chi connectivity index (χ1n) is 7.70. The van der Waals surface area contributed by atoms with Crippen LogP contribution in [0.1, 0.15) is 33.2 Å². The molecule has 0 saturated heterocycles. The van der Waals surface area contributed by atoms with Crippen LogP contribution in [0, 0.1) is 0 Å². The summed E-state index contributed by atoms with van der Waals surface area (Å²) in [6.07, 6.45) is 7.51.